The zero-order valence-electron chi connectivity index (χ0n) is 19.1. The van der Waals surface area contributed by atoms with E-state index in [0.29, 0.717) is 23.5 Å². The molecule has 12 heteroatoms. The second-order valence-corrected chi connectivity index (χ2v) is 7.72. The fourth-order valence-corrected chi connectivity index (χ4v) is 2.87. The number of carbonyl (C=O) groups is 1. The minimum absolute atomic E-state index is 0. The SMILES string of the molecule is COc1cnc(NC(C)=O)cc1Nc1cc(-c2cnn(CCN(C)C)c2)nc(C(C)(F)F)n1.[HH].[HH]. The Morgan fingerprint density at radius 2 is 2.00 bits per heavy atom. The largest absolute Gasteiger partial charge is 0.493 e. The number of anilines is 3. The van der Waals surface area contributed by atoms with Crippen LogP contribution in [0.1, 0.15) is 22.5 Å². The topological polar surface area (TPSA) is 110 Å². The maximum atomic E-state index is 14.2. The van der Waals surface area contributed by atoms with Crippen LogP contribution in [0.2, 0.25) is 0 Å². The molecule has 1 amide bonds. The van der Waals surface area contributed by atoms with Gasteiger partial charge in [-0.1, -0.05) is 0 Å². The molecular weight excluding hydrogens is 434 g/mol. The van der Waals surface area contributed by atoms with Crippen molar-refractivity contribution in [2.24, 2.45) is 0 Å². The molecular formula is C21H30F2N8O2. The summed E-state index contributed by atoms with van der Waals surface area (Å²) < 4.78 is 35.4. The summed E-state index contributed by atoms with van der Waals surface area (Å²) in [5.41, 5.74) is 1.24. The summed E-state index contributed by atoms with van der Waals surface area (Å²) in [5.74, 6) is -3.48. The van der Waals surface area contributed by atoms with Gasteiger partial charge in [0.1, 0.15) is 11.6 Å². The maximum absolute atomic E-state index is 14.2. The zero-order chi connectivity index (χ0) is 24.2. The summed E-state index contributed by atoms with van der Waals surface area (Å²) in [7, 11) is 5.35. The Hall–Kier alpha value is -3.67. The Kier molecular flexibility index (Phi) is 7.16. The number of ether oxygens (including phenoxy) is 1. The summed E-state index contributed by atoms with van der Waals surface area (Å²) in [5, 5.41) is 9.83. The number of likely N-dealkylation sites (N-methyl/N-ethyl adjacent to an activating group) is 1. The number of pyridine rings is 1. The quantitative estimate of drug-likeness (QED) is 0.494. The monoisotopic (exact) mass is 464 g/mol. The van der Waals surface area contributed by atoms with Crippen LogP contribution >= 0.6 is 0 Å². The van der Waals surface area contributed by atoms with Crippen molar-refractivity contribution in [3.63, 3.8) is 0 Å². The molecule has 10 nitrogen and oxygen atoms in total. The van der Waals surface area contributed by atoms with Crippen molar-refractivity contribution in [1.82, 2.24) is 29.6 Å². The van der Waals surface area contributed by atoms with Crippen molar-refractivity contribution >= 4 is 23.2 Å². The molecule has 180 valence electrons. The molecule has 33 heavy (non-hydrogen) atoms. The van der Waals surface area contributed by atoms with Gasteiger partial charge in [0, 0.05) is 47.1 Å². The number of rotatable bonds is 9. The highest BCUT2D eigenvalue weighted by atomic mass is 19.3. The van der Waals surface area contributed by atoms with Gasteiger partial charge in [0.05, 0.1) is 37.4 Å². The Morgan fingerprint density at radius 1 is 1.24 bits per heavy atom. The van der Waals surface area contributed by atoms with Gasteiger partial charge >= 0.3 is 5.92 Å². The first-order valence-corrected chi connectivity index (χ1v) is 10.1. The zero-order valence-corrected chi connectivity index (χ0v) is 19.1. The van der Waals surface area contributed by atoms with E-state index < -0.39 is 11.7 Å². The number of amides is 1. The van der Waals surface area contributed by atoms with E-state index in [1.807, 2.05) is 19.0 Å². The number of nitrogens with zero attached hydrogens (tertiary/aromatic N) is 6. The van der Waals surface area contributed by atoms with Gasteiger partial charge in [0.2, 0.25) is 11.7 Å². The number of halogens is 2. The second-order valence-electron chi connectivity index (χ2n) is 7.72. The fraction of sp³-hybridized carbons (Fsp3) is 0.381. The summed E-state index contributed by atoms with van der Waals surface area (Å²) in [6.07, 6.45) is 4.72. The summed E-state index contributed by atoms with van der Waals surface area (Å²) in [6.45, 7) is 3.50. The van der Waals surface area contributed by atoms with Crippen molar-refractivity contribution in [2.45, 2.75) is 26.3 Å². The molecule has 2 N–H and O–H groups in total. The molecule has 0 saturated carbocycles. The van der Waals surface area contributed by atoms with Gasteiger partial charge in [0.15, 0.2) is 5.75 Å². The predicted octanol–water partition coefficient (Wildman–Crippen LogP) is 3.61. The van der Waals surface area contributed by atoms with Gasteiger partial charge in [-0.3, -0.25) is 9.48 Å². The van der Waals surface area contributed by atoms with E-state index in [-0.39, 0.29) is 26.1 Å². The number of methoxy groups -OCH3 is 1. The van der Waals surface area contributed by atoms with Crippen molar-refractivity contribution in [2.75, 3.05) is 38.4 Å². The molecule has 3 aromatic heterocycles. The first-order valence-electron chi connectivity index (χ1n) is 10.1. The van der Waals surface area contributed by atoms with Crippen LogP contribution in [0.4, 0.5) is 26.1 Å². The third-order valence-corrected chi connectivity index (χ3v) is 4.48. The number of hydrogen-bond donors (Lipinski definition) is 2. The molecule has 0 unspecified atom stereocenters. The van der Waals surface area contributed by atoms with Gasteiger partial charge in [-0.25, -0.2) is 15.0 Å². The number of alkyl halides is 2. The molecule has 0 spiro atoms. The standard InChI is InChI=1S/C21H26F2N8O2.2H2/c1-13(32)26-18-9-16(17(33-5)11-24-18)27-19-8-15(28-20(29-19)21(2,22)23)14-10-25-31(12-14)7-6-30(3)4;;/h8-12H,6-7H2,1-5H3,(H2,24,26,27,28,29,32);2*1H. The highest BCUT2D eigenvalue weighted by Crippen LogP contribution is 2.32. The van der Waals surface area contributed by atoms with Crippen LogP contribution in [-0.4, -0.2) is 63.3 Å². The Labute approximate surface area is 193 Å². The smallest absolute Gasteiger partial charge is 0.303 e. The van der Waals surface area contributed by atoms with Crippen LogP contribution in [0.5, 0.6) is 5.75 Å². The number of hydrogen-bond acceptors (Lipinski definition) is 8. The van der Waals surface area contributed by atoms with Gasteiger partial charge in [-0.2, -0.15) is 13.9 Å². The van der Waals surface area contributed by atoms with Crippen molar-refractivity contribution < 1.29 is 21.2 Å². The molecule has 0 aliphatic carbocycles. The van der Waals surface area contributed by atoms with Crippen LogP contribution in [0.25, 0.3) is 11.3 Å². The van der Waals surface area contributed by atoms with Crippen LogP contribution in [0.15, 0.2) is 30.7 Å². The highest BCUT2D eigenvalue weighted by Gasteiger charge is 2.29. The highest BCUT2D eigenvalue weighted by molar-refractivity contribution is 5.88. The summed E-state index contributed by atoms with van der Waals surface area (Å²) in [6, 6.07) is 3.06. The Morgan fingerprint density at radius 3 is 2.64 bits per heavy atom. The molecule has 3 aromatic rings. The van der Waals surface area contributed by atoms with E-state index in [2.05, 4.69) is 30.7 Å². The molecule has 3 heterocycles. The Bertz CT molecular complexity index is 1140. The predicted molar refractivity (Wildman–Crippen MR) is 124 cm³/mol. The molecule has 0 aliphatic rings. The normalized spacial score (nSPS) is 11.5. The minimum Gasteiger partial charge on any atom is -0.493 e. The van der Waals surface area contributed by atoms with Gasteiger partial charge in [0.25, 0.3) is 0 Å². The lowest BCUT2D eigenvalue weighted by atomic mass is 10.2. The van der Waals surface area contributed by atoms with Crippen LogP contribution in [0.3, 0.4) is 0 Å². The maximum Gasteiger partial charge on any atom is 0.303 e. The Balaban J connectivity index is 0.00000306. The minimum atomic E-state index is -3.27. The van der Waals surface area contributed by atoms with E-state index in [9.17, 15) is 13.6 Å². The van der Waals surface area contributed by atoms with Crippen LogP contribution in [-0.2, 0) is 17.3 Å². The lowest BCUT2D eigenvalue weighted by molar-refractivity contribution is -0.114. The van der Waals surface area contributed by atoms with Crippen molar-refractivity contribution in [3.8, 4) is 17.0 Å². The van der Waals surface area contributed by atoms with Crippen molar-refractivity contribution in [3.05, 3.63) is 36.5 Å². The van der Waals surface area contributed by atoms with E-state index in [1.54, 1.807) is 23.1 Å². The first-order chi connectivity index (χ1) is 15.5. The van der Waals surface area contributed by atoms with Gasteiger partial charge < -0.3 is 20.3 Å². The third kappa shape index (κ3) is 6.42. The summed E-state index contributed by atoms with van der Waals surface area (Å²) >= 11 is 0. The van der Waals surface area contributed by atoms with Crippen LogP contribution in [0, 0.1) is 0 Å². The van der Waals surface area contributed by atoms with E-state index in [0.717, 1.165) is 13.5 Å². The van der Waals surface area contributed by atoms with Crippen LogP contribution < -0.4 is 15.4 Å². The molecule has 0 aliphatic heterocycles. The number of aromatic nitrogens is 5. The van der Waals surface area contributed by atoms with Gasteiger partial charge in [-0.15, -0.1) is 0 Å². The number of carbonyl (C=O) groups excluding carboxylic acids is 1. The third-order valence-electron chi connectivity index (χ3n) is 4.48. The first kappa shape index (κ1) is 24.0. The average Bonchev–Trinajstić information content (AvgIpc) is 3.20. The second kappa shape index (κ2) is 9.86. The molecule has 0 bridgehead atoms. The average molecular weight is 465 g/mol. The lowest BCUT2D eigenvalue weighted by Gasteiger charge is -2.15. The number of nitrogens with one attached hydrogen (secondary N) is 2. The molecule has 0 radical (unpaired) electrons. The molecule has 0 aromatic carbocycles. The van der Waals surface area contributed by atoms with E-state index in [4.69, 9.17) is 4.74 Å². The van der Waals surface area contributed by atoms with E-state index >= 15 is 0 Å². The lowest BCUT2D eigenvalue weighted by Crippen LogP contribution is -2.18. The van der Waals surface area contributed by atoms with Crippen molar-refractivity contribution in [1.29, 1.82) is 0 Å². The summed E-state index contributed by atoms with van der Waals surface area (Å²) in [4.78, 5) is 25.5. The molecule has 3 rings (SSSR count). The molecule has 0 fully saturated rings. The van der Waals surface area contributed by atoms with E-state index in [1.165, 1.54) is 26.3 Å². The fourth-order valence-electron chi connectivity index (χ4n) is 2.87. The van der Waals surface area contributed by atoms with Gasteiger partial charge in [-0.05, 0) is 14.1 Å². The molecule has 0 saturated heterocycles. The molecule has 0 atom stereocenters.